The molecule has 1 N–H and O–H groups in total. The molecule has 0 fully saturated rings. The minimum absolute atomic E-state index is 0.403. The molecule has 0 amide bonds. The van der Waals surface area contributed by atoms with E-state index in [1.165, 1.54) is 6.42 Å². The molecule has 0 bridgehead atoms. The highest BCUT2D eigenvalue weighted by atomic mass is 79.9. The molecule has 3 nitrogen and oxygen atoms in total. The quantitative estimate of drug-likeness (QED) is 0.753. The highest BCUT2D eigenvalue weighted by molar-refractivity contribution is 9.10. The number of nitrogens with zero attached hydrogens (tertiary/aromatic N) is 2. The van der Waals surface area contributed by atoms with Crippen molar-refractivity contribution in [2.45, 2.75) is 39.7 Å². The predicted octanol–water partition coefficient (Wildman–Crippen LogP) is 4.42. The minimum atomic E-state index is 0.403. The maximum atomic E-state index is 5.88. The lowest BCUT2D eigenvalue weighted by molar-refractivity contribution is 0.295. The van der Waals surface area contributed by atoms with Crippen molar-refractivity contribution in [1.29, 1.82) is 0 Å². The lowest BCUT2D eigenvalue weighted by Gasteiger charge is -2.20. The van der Waals surface area contributed by atoms with Crippen LogP contribution in [0.1, 0.15) is 33.6 Å². The van der Waals surface area contributed by atoms with Crippen LogP contribution in [0, 0.1) is 0 Å². The Morgan fingerprint density at radius 1 is 1.42 bits per heavy atom. The molecule has 5 heteroatoms. The van der Waals surface area contributed by atoms with Gasteiger partial charge in [-0.2, -0.15) is 0 Å². The minimum Gasteiger partial charge on any atom is -0.367 e. The van der Waals surface area contributed by atoms with Crippen molar-refractivity contribution in [2.24, 2.45) is 0 Å². The van der Waals surface area contributed by atoms with E-state index in [0.717, 1.165) is 36.3 Å². The Balaban J connectivity index is 2.36. The van der Waals surface area contributed by atoms with E-state index >= 15 is 0 Å². The molecule has 1 rings (SSSR count). The Bertz CT molecular complexity index is 383. The SMILES string of the molecule is CCN(CC)CCCC(C)Nc1ncc(Cl)cc1Br. The molecule has 0 saturated carbocycles. The fourth-order valence-electron chi connectivity index (χ4n) is 1.99. The van der Waals surface area contributed by atoms with E-state index in [4.69, 9.17) is 11.6 Å². The van der Waals surface area contributed by atoms with Crippen molar-refractivity contribution >= 4 is 33.3 Å². The van der Waals surface area contributed by atoms with Gasteiger partial charge in [-0.05, 0) is 61.4 Å². The molecule has 0 aliphatic rings. The van der Waals surface area contributed by atoms with Crippen molar-refractivity contribution < 1.29 is 0 Å². The zero-order chi connectivity index (χ0) is 14.3. The Hall–Kier alpha value is -0.320. The second-order valence-electron chi connectivity index (χ2n) is 4.70. The molecule has 0 radical (unpaired) electrons. The topological polar surface area (TPSA) is 28.2 Å². The van der Waals surface area contributed by atoms with Crippen LogP contribution in [-0.2, 0) is 0 Å². The summed E-state index contributed by atoms with van der Waals surface area (Å²) in [6.07, 6.45) is 3.99. The van der Waals surface area contributed by atoms with Gasteiger partial charge in [0, 0.05) is 12.2 Å². The third-order valence-corrected chi connectivity index (χ3v) is 4.01. The standard InChI is InChI=1S/C14H23BrClN3/c1-4-19(5-2)8-6-7-11(3)18-14-13(15)9-12(16)10-17-14/h9-11H,4-8H2,1-3H3,(H,17,18). The van der Waals surface area contributed by atoms with Crippen molar-refractivity contribution in [3.63, 3.8) is 0 Å². The zero-order valence-electron chi connectivity index (χ0n) is 11.9. The van der Waals surface area contributed by atoms with Crippen LogP contribution < -0.4 is 5.32 Å². The Morgan fingerprint density at radius 2 is 2.11 bits per heavy atom. The third kappa shape index (κ3) is 6.11. The van der Waals surface area contributed by atoms with Gasteiger partial charge >= 0.3 is 0 Å². The van der Waals surface area contributed by atoms with E-state index < -0.39 is 0 Å². The van der Waals surface area contributed by atoms with Gasteiger partial charge in [0.25, 0.3) is 0 Å². The monoisotopic (exact) mass is 347 g/mol. The molecule has 1 heterocycles. The average molecular weight is 349 g/mol. The van der Waals surface area contributed by atoms with Crippen LogP contribution in [0.5, 0.6) is 0 Å². The summed E-state index contributed by atoms with van der Waals surface area (Å²) >= 11 is 9.35. The van der Waals surface area contributed by atoms with E-state index in [-0.39, 0.29) is 0 Å². The number of halogens is 2. The van der Waals surface area contributed by atoms with E-state index in [2.05, 4.69) is 51.9 Å². The average Bonchev–Trinajstić information content (AvgIpc) is 2.38. The largest absolute Gasteiger partial charge is 0.367 e. The molecular weight excluding hydrogens is 326 g/mol. The first-order valence-corrected chi connectivity index (χ1v) is 8.03. The molecule has 1 aromatic heterocycles. The van der Waals surface area contributed by atoms with E-state index in [1.54, 1.807) is 6.20 Å². The summed E-state index contributed by atoms with van der Waals surface area (Å²) in [6, 6.07) is 2.26. The fourth-order valence-corrected chi connectivity index (χ4v) is 2.74. The molecular formula is C14H23BrClN3. The van der Waals surface area contributed by atoms with Gasteiger partial charge in [0.15, 0.2) is 0 Å². The first kappa shape index (κ1) is 16.7. The lowest BCUT2D eigenvalue weighted by atomic mass is 10.1. The number of rotatable bonds is 8. The van der Waals surface area contributed by atoms with Crippen LogP contribution in [0.2, 0.25) is 5.02 Å². The van der Waals surface area contributed by atoms with E-state index in [9.17, 15) is 0 Å². The Kier molecular flexibility index (Phi) is 7.73. The van der Waals surface area contributed by atoms with Crippen LogP contribution in [-0.4, -0.2) is 35.6 Å². The molecule has 0 aliphatic carbocycles. The maximum absolute atomic E-state index is 5.88. The summed E-state index contributed by atoms with van der Waals surface area (Å²) in [5, 5.41) is 4.06. The number of hydrogen-bond donors (Lipinski definition) is 1. The summed E-state index contributed by atoms with van der Waals surface area (Å²) in [5.74, 6) is 0.861. The van der Waals surface area contributed by atoms with Crippen molar-refractivity contribution in [3.05, 3.63) is 21.8 Å². The summed E-state index contributed by atoms with van der Waals surface area (Å²) in [5.41, 5.74) is 0. The number of nitrogens with one attached hydrogen (secondary N) is 1. The van der Waals surface area contributed by atoms with E-state index in [0.29, 0.717) is 11.1 Å². The van der Waals surface area contributed by atoms with Gasteiger partial charge in [0.05, 0.1) is 9.50 Å². The summed E-state index contributed by atoms with van der Waals surface area (Å²) < 4.78 is 0.913. The third-order valence-electron chi connectivity index (χ3n) is 3.20. The molecule has 0 aromatic carbocycles. The van der Waals surface area contributed by atoms with Gasteiger partial charge in [-0.1, -0.05) is 25.4 Å². The molecule has 0 spiro atoms. The highest BCUT2D eigenvalue weighted by Gasteiger charge is 2.07. The molecule has 0 aliphatic heterocycles. The molecule has 19 heavy (non-hydrogen) atoms. The number of hydrogen-bond acceptors (Lipinski definition) is 3. The number of aromatic nitrogens is 1. The van der Waals surface area contributed by atoms with Crippen molar-refractivity contribution in [1.82, 2.24) is 9.88 Å². The molecule has 0 saturated heterocycles. The normalized spacial score (nSPS) is 12.7. The maximum Gasteiger partial charge on any atom is 0.140 e. The van der Waals surface area contributed by atoms with Crippen LogP contribution in [0.3, 0.4) is 0 Å². The number of pyridine rings is 1. The smallest absolute Gasteiger partial charge is 0.140 e. The lowest BCUT2D eigenvalue weighted by Crippen LogP contribution is -2.25. The predicted molar refractivity (Wildman–Crippen MR) is 87.1 cm³/mol. The van der Waals surface area contributed by atoms with Crippen LogP contribution >= 0.6 is 27.5 Å². The van der Waals surface area contributed by atoms with Crippen LogP contribution in [0.15, 0.2) is 16.7 Å². The van der Waals surface area contributed by atoms with Gasteiger partial charge in [0.2, 0.25) is 0 Å². The van der Waals surface area contributed by atoms with Gasteiger partial charge in [-0.25, -0.2) is 4.98 Å². The highest BCUT2D eigenvalue weighted by Crippen LogP contribution is 2.24. The summed E-state index contributed by atoms with van der Waals surface area (Å²) in [7, 11) is 0. The van der Waals surface area contributed by atoms with Gasteiger partial charge < -0.3 is 10.2 Å². The number of anilines is 1. The van der Waals surface area contributed by atoms with Crippen molar-refractivity contribution in [3.8, 4) is 0 Å². The van der Waals surface area contributed by atoms with Gasteiger partial charge in [-0.15, -0.1) is 0 Å². The van der Waals surface area contributed by atoms with Crippen LogP contribution in [0.25, 0.3) is 0 Å². The first-order valence-electron chi connectivity index (χ1n) is 6.86. The van der Waals surface area contributed by atoms with Crippen LogP contribution in [0.4, 0.5) is 5.82 Å². The second kappa shape index (κ2) is 8.77. The summed E-state index contributed by atoms with van der Waals surface area (Å²) in [4.78, 5) is 6.74. The molecule has 1 atom stereocenters. The van der Waals surface area contributed by atoms with E-state index in [1.807, 2.05) is 6.07 Å². The van der Waals surface area contributed by atoms with Gasteiger partial charge in [0.1, 0.15) is 5.82 Å². The summed E-state index contributed by atoms with van der Waals surface area (Å²) in [6.45, 7) is 10.0. The molecule has 108 valence electrons. The molecule has 1 aromatic rings. The Labute approximate surface area is 129 Å². The Morgan fingerprint density at radius 3 is 2.68 bits per heavy atom. The first-order chi connectivity index (χ1) is 9.06. The zero-order valence-corrected chi connectivity index (χ0v) is 14.3. The molecule has 1 unspecified atom stereocenters. The second-order valence-corrected chi connectivity index (χ2v) is 5.99. The van der Waals surface area contributed by atoms with Gasteiger partial charge in [-0.3, -0.25) is 0 Å². The van der Waals surface area contributed by atoms with Crippen molar-refractivity contribution in [2.75, 3.05) is 25.0 Å². The fraction of sp³-hybridized carbons (Fsp3) is 0.643.